The van der Waals surface area contributed by atoms with Gasteiger partial charge in [0.1, 0.15) is 19.0 Å². The molecule has 0 saturated carbocycles. The van der Waals surface area contributed by atoms with E-state index in [-0.39, 0.29) is 0 Å². The lowest BCUT2D eigenvalue weighted by Crippen LogP contribution is -2.10. The average Bonchev–Trinajstić information content (AvgIpc) is 2.41. The molecule has 0 radical (unpaired) electrons. The van der Waals surface area contributed by atoms with Crippen LogP contribution in [-0.4, -0.2) is 13.2 Å². The fourth-order valence-corrected chi connectivity index (χ4v) is 2.19. The summed E-state index contributed by atoms with van der Waals surface area (Å²) in [4.78, 5) is 0. The Morgan fingerprint density at radius 2 is 1.65 bits per heavy atom. The summed E-state index contributed by atoms with van der Waals surface area (Å²) in [6.07, 6.45) is 0. The average molecular weight is 312 g/mol. The number of nitrogens with two attached hydrogens (primary N) is 1. The Balaban J connectivity index is 1.89. The van der Waals surface area contributed by atoms with E-state index < -0.39 is 0 Å². The lowest BCUT2D eigenvalue weighted by atomic mass is 10.2. The molecule has 2 aromatic carbocycles. The molecule has 2 rings (SSSR count). The SMILES string of the molecule is Cc1ccc(N)cc1OCCOc1c(Cl)cccc1Cl. The fourth-order valence-electron chi connectivity index (χ4n) is 1.69. The van der Waals surface area contributed by atoms with Crippen molar-refractivity contribution in [3.8, 4) is 11.5 Å². The quantitative estimate of drug-likeness (QED) is 0.660. The molecule has 106 valence electrons. The summed E-state index contributed by atoms with van der Waals surface area (Å²) in [5.41, 5.74) is 7.41. The summed E-state index contributed by atoms with van der Waals surface area (Å²) in [7, 11) is 0. The number of anilines is 1. The van der Waals surface area contributed by atoms with Crippen LogP contribution in [0.25, 0.3) is 0 Å². The molecule has 2 N–H and O–H groups in total. The molecule has 0 heterocycles. The molecule has 3 nitrogen and oxygen atoms in total. The van der Waals surface area contributed by atoms with Crippen molar-refractivity contribution < 1.29 is 9.47 Å². The zero-order valence-electron chi connectivity index (χ0n) is 11.0. The second-order valence-corrected chi connectivity index (χ2v) is 5.09. The van der Waals surface area contributed by atoms with Crippen molar-refractivity contribution in [1.29, 1.82) is 0 Å². The minimum absolute atomic E-state index is 0.345. The molecule has 0 aliphatic heterocycles. The van der Waals surface area contributed by atoms with Gasteiger partial charge in [-0.25, -0.2) is 0 Å². The first-order valence-electron chi connectivity index (χ1n) is 6.13. The van der Waals surface area contributed by atoms with E-state index in [2.05, 4.69) is 0 Å². The van der Waals surface area contributed by atoms with Crippen LogP contribution in [0.2, 0.25) is 10.0 Å². The Morgan fingerprint density at radius 3 is 2.35 bits per heavy atom. The molecule has 0 fully saturated rings. The van der Waals surface area contributed by atoms with Gasteiger partial charge in [-0.15, -0.1) is 0 Å². The van der Waals surface area contributed by atoms with E-state index in [1.165, 1.54) is 0 Å². The highest BCUT2D eigenvalue weighted by Gasteiger charge is 2.06. The molecule has 0 saturated heterocycles. The van der Waals surface area contributed by atoms with Crippen LogP contribution in [0.1, 0.15) is 5.56 Å². The summed E-state index contributed by atoms with van der Waals surface area (Å²) in [6, 6.07) is 10.8. The van der Waals surface area contributed by atoms with Gasteiger partial charge in [-0.2, -0.15) is 0 Å². The van der Waals surface area contributed by atoms with Crippen LogP contribution < -0.4 is 15.2 Å². The number of hydrogen-bond donors (Lipinski definition) is 1. The normalized spacial score (nSPS) is 10.3. The number of halogens is 2. The number of para-hydroxylation sites is 1. The molecule has 0 unspecified atom stereocenters. The molecule has 0 bridgehead atoms. The molecule has 2 aromatic rings. The highest BCUT2D eigenvalue weighted by Crippen LogP contribution is 2.32. The second kappa shape index (κ2) is 6.73. The molecular formula is C15H15Cl2NO2. The van der Waals surface area contributed by atoms with Crippen LogP contribution in [0.3, 0.4) is 0 Å². The third kappa shape index (κ3) is 3.71. The minimum atomic E-state index is 0.345. The maximum absolute atomic E-state index is 6.00. The first-order chi connectivity index (χ1) is 9.58. The van der Waals surface area contributed by atoms with E-state index in [1.54, 1.807) is 24.3 Å². The van der Waals surface area contributed by atoms with Gasteiger partial charge >= 0.3 is 0 Å². The zero-order chi connectivity index (χ0) is 14.5. The van der Waals surface area contributed by atoms with E-state index in [1.807, 2.05) is 19.1 Å². The van der Waals surface area contributed by atoms with Crippen molar-refractivity contribution in [3.05, 3.63) is 52.0 Å². The third-order valence-electron chi connectivity index (χ3n) is 2.72. The van der Waals surface area contributed by atoms with Crippen LogP contribution in [0.4, 0.5) is 5.69 Å². The Morgan fingerprint density at radius 1 is 1.00 bits per heavy atom. The van der Waals surface area contributed by atoms with Gasteiger partial charge in [0.25, 0.3) is 0 Å². The topological polar surface area (TPSA) is 44.5 Å². The van der Waals surface area contributed by atoms with Gasteiger partial charge in [0.2, 0.25) is 0 Å². The first-order valence-corrected chi connectivity index (χ1v) is 6.89. The van der Waals surface area contributed by atoms with Gasteiger partial charge in [-0.1, -0.05) is 35.3 Å². The minimum Gasteiger partial charge on any atom is -0.490 e. The maximum atomic E-state index is 6.00. The van der Waals surface area contributed by atoms with Crippen LogP contribution in [0.15, 0.2) is 36.4 Å². The highest BCUT2D eigenvalue weighted by molar-refractivity contribution is 6.37. The van der Waals surface area contributed by atoms with Crippen molar-refractivity contribution in [3.63, 3.8) is 0 Å². The Kier molecular flexibility index (Phi) is 4.99. The van der Waals surface area contributed by atoms with E-state index in [0.29, 0.717) is 34.7 Å². The van der Waals surface area contributed by atoms with Gasteiger partial charge < -0.3 is 15.2 Å². The second-order valence-electron chi connectivity index (χ2n) is 4.27. The molecule has 0 aliphatic rings. The lowest BCUT2D eigenvalue weighted by molar-refractivity contribution is 0.216. The first kappa shape index (κ1) is 14.8. The van der Waals surface area contributed by atoms with Crippen LogP contribution in [0, 0.1) is 6.92 Å². The van der Waals surface area contributed by atoms with E-state index >= 15 is 0 Å². The molecular weight excluding hydrogens is 297 g/mol. The summed E-state index contributed by atoms with van der Waals surface area (Å²) in [5, 5.41) is 0.968. The lowest BCUT2D eigenvalue weighted by Gasteiger charge is -2.12. The molecule has 20 heavy (non-hydrogen) atoms. The molecule has 0 spiro atoms. The molecule has 0 atom stereocenters. The number of rotatable bonds is 5. The van der Waals surface area contributed by atoms with E-state index in [0.717, 1.165) is 11.3 Å². The smallest absolute Gasteiger partial charge is 0.156 e. The predicted molar refractivity (Wildman–Crippen MR) is 83.0 cm³/mol. The van der Waals surface area contributed by atoms with Crippen molar-refractivity contribution in [2.45, 2.75) is 6.92 Å². The maximum Gasteiger partial charge on any atom is 0.156 e. The van der Waals surface area contributed by atoms with E-state index in [9.17, 15) is 0 Å². The summed E-state index contributed by atoms with van der Waals surface area (Å²) < 4.78 is 11.2. The van der Waals surface area contributed by atoms with Crippen molar-refractivity contribution >= 4 is 28.9 Å². The Hall–Kier alpha value is -1.58. The largest absolute Gasteiger partial charge is 0.490 e. The molecule has 0 aromatic heterocycles. The number of hydrogen-bond acceptors (Lipinski definition) is 3. The fraction of sp³-hybridized carbons (Fsp3) is 0.200. The van der Waals surface area contributed by atoms with Crippen LogP contribution in [0.5, 0.6) is 11.5 Å². The monoisotopic (exact) mass is 311 g/mol. The van der Waals surface area contributed by atoms with Gasteiger partial charge in [-0.3, -0.25) is 0 Å². The van der Waals surface area contributed by atoms with Crippen molar-refractivity contribution in [2.75, 3.05) is 18.9 Å². The van der Waals surface area contributed by atoms with Crippen LogP contribution in [-0.2, 0) is 0 Å². The zero-order valence-corrected chi connectivity index (χ0v) is 12.5. The number of benzene rings is 2. The van der Waals surface area contributed by atoms with E-state index in [4.69, 9.17) is 38.4 Å². The summed E-state index contributed by atoms with van der Waals surface area (Å²) in [6.45, 7) is 2.68. The number of ether oxygens (including phenoxy) is 2. The molecule has 5 heteroatoms. The van der Waals surface area contributed by atoms with Gasteiger partial charge in [0, 0.05) is 11.8 Å². The van der Waals surface area contributed by atoms with Crippen molar-refractivity contribution in [1.82, 2.24) is 0 Å². The van der Waals surface area contributed by atoms with Gasteiger partial charge in [0.15, 0.2) is 5.75 Å². The van der Waals surface area contributed by atoms with Crippen LogP contribution >= 0.6 is 23.2 Å². The Bertz CT molecular complexity index is 582. The predicted octanol–water partition coefficient (Wildman–Crippen LogP) is 4.34. The summed E-state index contributed by atoms with van der Waals surface area (Å²) in [5.74, 6) is 1.22. The number of nitrogen functional groups attached to an aromatic ring is 1. The number of aryl methyl sites for hydroxylation is 1. The van der Waals surface area contributed by atoms with Gasteiger partial charge in [0.05, 0.1) is 10.0 Å². The molecule has 0 amide bonds. The third-order valence-corrected chi connectivity index (χ3v) is 3.31. The van der Waals surface area contributed by atoms with Crippen molar-refractivity contribution in [2.24, 2.45) is 0 Å². The summed E-state index contributed by atoms with van der Waals surface area (Å²) >= 11 is 12.0. The van der Waals surface area contributed by atoms with Gasteiger partial charge in [-0.05, 0) is 30.7 Å². The highest BCUT2D eigenvalue weighted by atomic mass is 35.5. The Labute approximate surface area is 128 Å². The standard InChI is InChI=1S/C15H15Cl2NO2/c1-10-5-6-11(18)9-14(10)19-7-8-20-15-12(16)3-2-4-13(15)17/h2-6,9H,7-8,18H2,1H3. The molecule has 0 aliphatic carbocycles.